The molecule has 1 N–H and O–H groups in total. The number of nitrogens with zero attached hydrogens (tertiary/aromatic N) is 8. The number of nitrogens with one attached hydrogen (secondary N) is 1. The molecule has 1 atom stereocenters. The summed E-state index contributed by atoms with van der Waals surface area (Å²) in [5.74, 6) is 2.79. The van der Waals surface area contributed by atoms with Gasteiger partial charge in [-0.2, -0.15) is 10.4 Å². The Bertz CT molecular complexity index is 1940. The fourth-order valence-corrected chi connectivity index (χ4v) is 9.72. The predicted molar refractivity (Wildman–Crippen MR) is 224 cm³/mol. The van der Waals surface area contributed by atoms with Crippen LogP contribution in [0.5, 0.6) is 0 Å². The lowest BCUT2D eigenvalue weighted by molar-refractivity contribution is -0.137. The maximum atomic E-state index is 13.7. The molecule has 1 saturated carbocycles. The quantitative estimate of drug-likeness (QED) is 0.244. The number of fused-ring (bicyclic) bond motifs is 1. The van der Waals surface area contributed by atoms with Gasteiger partial charge in [0.15, 0.2) is 5.82 Å². The normalized spacial score (nSPS) is 20.4. The molecule has 7 rings (SSSR count). The highest BCUT2D eigenvalue weighted by atomic mass is 16.6. The first-order valence-electron chi connectivity index (χ1n) is 21.4. The van der Waals surface area contributed by atoms with Crippen molar-refractivity contribution in [3.8, 4) is 6.07 Å². The molecule has 0 radical (unpaired) electrons. The molecule has 57 heavy (non-hydrogen) atoms. The first kappa shape index (κ1) is 40.7. The Hall–Kier alpha value is -4.50. The third-order valence-corrected chi connectivity index (χ3v) is 13.5. The summed E-state index contributed by atoms with van der Waals surface area (Å²) in [6.07, 6.45) is 12.2. The molecular formula is C45H63N9O3. The average Bonchev–Trinajstić information content (AvgIpc) is 3.21. The minimum atomic E-state index is -0.445. The van der Waals surface area contributed by atoms with E-state index >= 15 is 0 Å². The van der Waals surface area contributed by atoms with Crippen molar-refractivity contribution >= 4 is 34.4 Å². The number of hydrogen-bond acceptors (Lipinski definition) is 10. The number of aryl methyl sites for hydroxylation is 1. The number of nitriles is 1. The first-order chi connectivity index (χ1) is 27.3. The highest BCUT2D eigenvalue weighted by Crippen LogP contribution is 2.47. The molecule has 4 aliphatic rings. The maximum absolute atomic E-state index is 13.7. The van der Waals surface area contributed by atoms with Crippen LogP contribution in [0, 0.1) is 42.4 Å². The Labute approximate surface area is 339 Å². The summed E-state index contributed by atoms with van der Waals surface area (Å²) in [6.45, 7) is 19.5. The minimum Gasteiger partial charge on any atom is -0.444 e. The molecule has 12 heteroatoms. The van der Waals surface area contributed by atoms with E-state index < -0.39 is 5.60 Å². The van der Waals surface area contributed by atoms with Crippen molar-refractivity contribution in [1.82, 2.24) is 29.9 Å². The summed E-state index contributed by atoms with van der Waals surface area (Å²) in [6, 6.07) is 10.1. The standard InChI is InChI=1S/C45H63N9O3/c1-31-36(29-46)8-7-9-37(31)32(2)48-41-38-28-40(47-30-39(38)33(3)49-50-41)52-24-26-53(27-25-52)42(55)35-13-20-51(21-14-35)19-12-34-10-15-45(16-11-34)17-22-54(23-18-45)43(56)57-44(4,5)6/h7-9,28,30,32,34-35H,10-27H2,1-6H3,(H,48,50)/t32-/m1/s1. The third kappa shape index (κ3) is 9.46. The van der Waals surface area contributed by atoms with Gasteiger partial charge < -0.3 is 29.7 Å². The van der Waals surface area contributed by atoms with Crippen molar-refractivity contribution in [1.29, 1.82) is 5.26 Å². The van der Waals surface area contributed by atoms with Gasteiger partial charge >= 0.3 is 6.09 Å². The van der Waals surface area contributed by atoms with Gasteiger partial charge in [0.1, 0.15) is 11.4 Å². The molecule has 3 saturated heterocycles. The van der Waals surface area contributed by atoms with Gasteiger partial charge in [0.2, 0.25) is 5.91 Å². The molecule has 3 aromatic rings. The zero-order chi connectivity index (χ0) is 40.3. The number of amides is 2. The van der Waals surface area contributed by atoms with Crippen molar-refractivity contribution < 1.29 is 14.3 Å². The fraction of sp³-hybridized carbons (Fsp3) is 0.644. The van der Waals surface area contributed by atoms with Crippen molar-refractivity contribution in [2.75, 3.05) is 69.1 Å². The van der Waals surface area contributed by atoms with Crippen molar-refractivity contribution in [3.63, 3.8) is 0 Å². The Balaban J connectivity index is 0.847. The number of pyridine rings is 1. The van der Waals surface area contributed by atoms with Gasteiger partial charge in [-0.3, -0.25) is 4.79 Å². The Morgan fingerprint density at radius 3 is 2.30 bits per heavy atom. The molecule has 1 aromatic carbocycles. The second-order valence-corrected chi connectivity index (χ2v) is 18.3. The first-order valence-corrected chi connectivity index (χ1v) is 21.4. The average molecular weight is 778 g/mol. The monoisotopic (exact) mass is 778 g/mol. The molecule has 1 aliphatic carbocycles. The molecule has 0 bridgehead atoms. The van der Waals surface area contributed by atoms with Crippen LogP contribution in [-0.2, 0) is 9.53 Å². The van der Waals surface area contributed by atoms with Crippen LogP contribution in [0.3, 0.4) is 0 Å². The van der Waals surface area contributed by atoms with Gasteiger partial charge in [-0.1, -0.05) is 12.1 Å². The van der Waals surface area contributed by atoms with E-state index in [0.29, 0.717) is 35.8 Å². The van der Waals surface area contributed by atoms with E-state index in [4.69, 9.17) is 9.72 Å². The summed E-state index contributed by atoms with van der Waals surface area (Å²) in [4.78, 5) is 40.0. The summed E-state index contributed by atoms with van der Waals surface area (Å²) in [5.41, 5.74) is 3.47. The van der Waals surface area contributed by atoms with Gasteiger partial charge in [0, 0.05) is 62.2 Å². The zero-order valence-corrected chi connectivity index (χ0v) is 35.1. The molecule has 5 heterocycles. The van der Waals surface area contributed by atoms with E-state index in [9.17, 15) is 14.9 Å². The van der Waals surface area contributed by atoms with Crippen LogP contribution < -0.4 is 10.2 Å². The second-order valence-electron chi connectivity index (χ2n) is 18.3. The molecule has 306 valence electrons. The van der Waals surface area contributed by atoms with E-state index in [-0.39, 0.29) is 18.1 Å². The summed E-state index contributed by atoms with van der Waals surface area (Å²) >= 11 is 0. The fourth-order valence-electron chi connectivity index (χ4n) is 9.72. The van der Waals surface area contributed by atoms with Gasteiger partial charge in [0.05, 0.1) is 23.4 Å². The van der Waals surface area contributed by atoms with Crippen LogP contribution >= 0.6 is 0 Å². The molecule has 1 spiro atoms. The zero-order valence-electron chi connectivity index (χ0n) is 35.1. The summed E-state index contributed by atoms with van der Waals surface area (Å²) in [7, 11) is 0. The lowest BCUT2D eigenvalue weighted by Crippen LogP contribution is -2.52. The maximum Gasteiger partial charge on any atom is 0.410 e. The van der Waals surface area contributed by atoms with Crippen LogP contribution in [0.4, 0.5) is 16.4 Å². The molecule has 3 aliphatic heterocycles. The number of aromatic nitrogens is 3. The topological polar surface area (TPSA) is 131 Å². The SMILES string of the molecule is Cc1c(C#N)cccc1[C@@H](C)Nc1nnc(C)c2cnc(N3CCN(C(=O)C4CCN(CCC5CCC6(CC5)CCN(C(=O)OC(C)(C)C)CC6)CC4)CC3)cc12. The van der Waals surface area contributed by atoms with Crippen molar-refractivity contribution in [2.24, 2.45) is 17.3 Å². The summed E-state index contributed by atoms with van der Waals surface area (Å²) < 4.78 is 5.62. The van der Waals surface area contributed by atoms with Crippen molar-refractivity contribution in [2.45, 2.75) is 111 Å². The number of likely N-dealkylation sites (tertiary alicyclic amines) is 2. The number of benzene rings is 1. The Morgan fingerprint density at radius 2 is 1.63 bits per heavy atom. The van der Waals surface area contributed by atoms with E-state index in [1.807, 2.05) is 63.9 Å². The molecule has 12 nitrogen and oxygen atoms in total. The number of carbonyl (C=O) groups is 2. The van der Waals surface area contributed by atoms with E-state index in [1.54, 1.807) is 0 Å². The van der Waals surface area contributed by atoms with Gasteiger partial charge in [0.25, 0.3) is 0 Å². The lowest BCUT2D eigenvalue weighted by atomic mass is 9.65. The number of piperazine rings is 1. The van der Waals surface area contributed by atoms with Gasteiger partial charge in [-0.15, -0.1) is 5.10 Å². The summed E-state index contributed by atoms with van der Waals surface area (Å²) in [5, 5.41) is 24.0. The third-order valence-electron chi connectivity index (χ3n) is 13.5. The predicted octanol–water partition coefficient (Wildman–Crippen LogP) is 7.64. The highest BCUT2D eigenvalue weighted by Gasteiger charge is 2.40. The molecule has 0 unspecified atom stereocenters. The molecule has 4 fully saturated rings. The van der Waals surface area contributed by atoms with Crippen LogP contribution in [0.2, 0.25) is 0 Å². The van der Waals surface area contributed by atoms with Gasteiger partial charge in [-0.25, -0.2) is 9.78 Å². The number of rotatable bonds is 8. The Kier molecular flexibility index (Phi) is 12.2. The lowest BCUT2D eigenvalue weighted by Gasteiger charge is -2.46. The number of anilines is 2. The number of piperidine rings is 2. The Morgan fingerprint density at radius 1 is 0.930 bits per heavy atom. The number of ether oxygens (including phenoxy) is 1. The highest BCUT2D eigenvalue weighted by molar-refractivity contribution is 5.94. The second kappa shape index (κ2) is 17.2. The van der Waals surface area contributed by atoms with Crippen LogP contribution in [0.25, 0.3) is 10.8 Å². The van der Waals surface area contributed by atoms with Crippen LogP contribution in [-0.4, -0.2) is 106 Å². The van der Waals surface area contributed by atoms with Crippen LogP contribution in [0.1, 0.15) is 114 Å². The molecule has 2 aromatic heterocycles. The van der Waals surface area contributed by atoms with Crippen molar-refractivity contribution in [3.05, 3.63) is 52.8 Å². The minimum absolute atomic E-state index is 0.0781. The number of carbonyl (C=O) groups excluding carboxylic acids is 2. The van der Waals surface area contributed by atoms with Crippen LogP contribution in [0.15, 0.2) is 30.5 Å². The van der Waals surface area contributed by atoms with E-state index in [0.717, 1.165) is 111 Å². The van der Waals surface area contributed by atoms with E-state index in [2.05, 4.69) is 49.3 Å². The van der Waals surface area contributed by atoms with E-state index in [1.165, 1.54) is 32.1 Å². The molecular weight excluding hydrogens is 715 g/mol. The smallest absolute Gasteiger partial charge is 0.410 e. The molecule has 2 amide bonds. The number of hydrogen-bond donors (Lipinski definition) is 1. The van der Waals surface area contributed by atoms with Gasteiger partial charge in [-0.05, 0) is 154 Å². The largest absolute Gasteiger partial charge is 0.444 e.